The summed E-state index contributed by atoms with van der Waals surface area (Å²) in [6.07, 6.45) is 4.50. The van der Waals surface area contributed by atoms with E-state index in [9.17, 15) is 5.11 Å². The van der Waals surface area contributed by atoms with E-state index >= 15 is 0 Å². The molecule has 22 heavy (non-hydrogen) atoms. The highest BCUT2D eigenvalue weighted by atomic mass is 16.3. The van der Waals surface area contributed by atoms with E-state index in [4.69, 9.17) is 0 Å². The molecule has 0 amide bonds. The first-order valence-corrected chi connectivity index (χ1v) is 9.04. The quantitative estimate of drug-likeness (QED) is 0.622. The molecule has 0 aliphatic rings. The summed E-state index contributed by atoms with van der Waals surface area (Å²) in [5.74, 6) is 0.995. The highest BCUT2D eigenvalue weighted by Crippen LogP contribution is 2.44. The molecule has 0 spiro atoms. The Morgan fingerprint density at radius 1 is 0.909 bits per heavy atom. The highest BCUT2D eigenvalue weighted by molar-refractivity contribution is 5.49. The van der Waals surface area contributed by atoms with Gasteiger partial charge in [-0.15, -0.1) is 0 Å². The van der Waals surface area contributed by atoms with Crippen molar-refractivity contribution in [3.05, 3.63) is 28.8 Å². The lowest BCUT2D eigenvalue weighted by atomic mass is 9.69. The predicted octanol–water partition coefficient (Wildman–Crippen LogP) is 6.67. The van der Waals surface area contributed by atoms with Gasteiger partial charge >= 0.3 is 0 Å². The second-order valence-electron chi connectivity index (χ2n) is 7.86. The molecule has 1 N–H and O–H groups in total. The van der Waals surface area contributed by atoms with Crippen LogP contribution in [-0.4, -0.2) is 5.11 Å². The van der Waals surface area contributed by atoms with Crippen LogP contribution in [0.1, 0.15) is 104 Å². The molecule has 1 aromatic carbocycles. The van der Waals surface area contributed by atoms with Crippen LogP contribution in [0.4, 0.5) is 0 Å². The van der Waals surface area contributed by atoms with Gasteiger partial charge < -0.3 is 5.11 Å². The largest absolute Gasteiger partial charge is 0.508 e. The molecule has 1 atom stereocenters. The Hall–Kier alpha value is -0.980. The van der Waals surface area contributed by atoms with Crippen molar-refractivity contribution in [1.82, 2.24) is 0 Å². The molecule has 0 aromatic heterocycles. The van der Waals surface area contributed by atoms with Crippen molar-refractivity contribution in [3.63, 3.8) is 0 Å². The van der Waals surface area contributed by atoms with Crippen LogP contribution >= 0.6 is 0 Å². The average molecular weight is 305 g/mol. The summed E-state index contributed by atoms with van der Waals surface area (Å²) in [5.41, 5.74) is 4.05. The number of benzene rings is 1. The first kappa shape index (κ1) is 19.1. The molecule has 1 rings (SSSR count). The monoisotopic (exact) mass is 304 g/mol. The summed E-state index contributed by atoms with van der Waals surface area (Å²) < 4.78 is 0. The van der Waals surface area contributed by atoms with Gasteiger partial charge in [0.2, 0.25) is 0 Å². The van der Waals surface area contributed by atoms with E-state index in [2.05, 4.69) is 67.5 Å². The van der Waals surface area contributed by atoms with E-state index in [1.54, 1.807) is 0 Å². The van der Waals surface area contributed by atoms with Crippen LogP contribution in [0, 0.1) is 0 Å². The maximum Gasteiger partial charge on any atom is 0.119 e. The van der Waals surface area contributed by atoms with Gasteiger partial charge in [0.25, 0.3) is 0 Å². The van der Waals surface area contributed by atoms with E-state index in [1.165, 1.54) is 11.1 Å². The molecule has 0 radical (unpaired) electrons. The van der Waals surface area contributed by atoms with Gasteiger partial charge in [0.1, 0.15) is 5.75 Å². The summed E-state index contributed by atoms with van der Waals surface area (Å²) in [7, 11) is 0. The van der Waals surface area contributed by atoms with Crippen molar-refractivity contribution in [3.8, 4) is 5.75 Å². The summed E-state index contributed by atoms with van der Waals surface area (Å²) in [5, 5.41) is 10.7. The zero-order chi connectivity index (χ0) is 17.1. The number of hydrogen-bond donors (Lipinski definition) is 1. The van der Waals surface area contributed by atoms with Crippen molar-refractivity contribution in [2.75, 3.05) is 0 Å². The van der Waals surface area contributed by atoms with E-state index < -0.39 is 0 Å². The molecule has 0 aliphatic carbocycles. The van der Waals surface area contributed by atoms with Crippen LogP contribution in [0.15, 0.2) is 12.1 Å². The minimum atomic E-state index is -0.0296. The fourth-order valence-corrected chi connectivity index (χ4v) is 3.61. The van der Waals surface area contributed by atoms with Gasteiger partial charge in [-0.3, -0.25) is 0 Å². The fraction of sp³-hybridized carbons (Fsp3) is 0.714. The standard InChI is InChI=1S/C21H36O/c1-9-15(5)16-13-18(20(6,7)8)19(22)14-17(16)21(10-2,11-3)12-4/h13-15,22H,9-12H2,1-8H3. The maximum absolute atomic E-state index is 10.7. The molecule has 0 saturated heterocycles. The van der Waals surface area contributed by atoms with Crippen molar-refractivity contribution >= 4 is 0 Å². The molecule has 0 bridgehead atoms. The fourth-order valence-electron chi connectivity index (χ4n) is 3.61. The SMILES string of the molecule is CCC(C)c1cc(C(C)(C)C)c(O)cc1C(CC)(CC)CC. The Morgan fingerprint density at radius 3 is 1.77 bits per heavy atom. The molecule has 0 aliphatic heterocycles. The topological polar surface area (TPSA) is 20.2 Å². The lowest BCUT2D eigenvalue weighted by Gasteiger charge is -2.36. The van der Waals surface area contributed by atoms with Crippen molar-refractivity contribution in [1.29, 1.82) is 0 Å². The molecular formula is C21H36O. The Kier molecular flexibility index (Phi) is 6.12. The third kappa shape index (κ3) is 3.50. The first-order valence-electron chi connectivity index (χ1n) is 9.04. The molecule has 0 heterocycles. The van der Waals surface area contributed by atoms with Crippen LogP contribution in [0.3, 0.4) is 0 Å². The van der Waals surface area contributed by atoms with E-state index in [1.807, 2.05) is 0 Å². The molecule has 1 unspecified atom stereocenters. The molecule has 126 valence electrons. The molecule has 1 heteroatoms. The van der Waals surface area contributed by atoms with Crippen molar-refractivity contribution in [2.45, 2.75) is 97.8 Å². The summed E-state index contributed by atoms with van der Waals surface area (Å²) in [6, 6.07) is 4.37. The molecular weight excluding hydrogens is 268 g/mol. The van der Waals surface area contributed by atoms with E-state index in [0.29, 0.717) is 11.7 Å². The third-order valence-corrected chi connectivity index (χ3v) is 5.72. The first-order chi connectivity index (χ1) is 10.2. The van der Waals surface area contributed by atoms with E-state index in [-0.39, 0.29) is 10.8 Å². The summed E-state index contributed by atoms with van der Waals surface area (Å²) in [4.78, 5) is 0. The van der Waals surface area contributed by atoms with Gasteiger partial charge in [-0.1, -0.05) is 61.5 Å². The zero-order valence-electron chi connectivity index (χ0n) is 16.0. The Morgan fingerprint density at radius 2 is 1.41 bits per heavy atom. The van der Waals surface area contributed by atoms with Crippen LogP contribution in [0.5, 0.6) is 5.75 Å². The second-order valence-corrected chi connectivity index (χ2v) is 7.86. The Labute approximate surface area is 138 Å². The minimum Gasteiger partial charge on any atom is -0.508 e. The number of phenols is 1. The average Bonchev–Trinajstić information content (AvgIpc) is 2.47. The van der Waals surface area contributed by atoms with Gasteiger partial charge in [-0.25, -0.2) is 0 Å². The summed E-state index contributed by atoms with van der Waals surface area (Å²) >= 11 is 0. The minimum absolute atomic E-state index is 0.0296. The molecule has 1 nitrogen and oxygen atoms in total. The van der Waals surface area contributed by atoms with Gasteiger partial charge in [0.05, 0.1) is 0 Å². The number of phenolic OH excluding ortho intramolecular Hbond substituents is 1. The van der Waals surface area contributed by atoms with Gasteiger partial charge in [0.15, 0.2) is 0 Å². The molecule has 1 aromatic rings. The highest BCUT2D eigenvalue weighted by Gasteiger charge is 2.32. The zero-order valence-corrected chi connectivity index (χ0v) is 16.0. The van der Waals surface area contributed by atoms with Crippen molar-refractivity contribution < 1.29 is 5.11 Å². The normalized spacial score (nSPS) is 14.2. The third-order valence-electron chi connectivity index (χ3n) is 5.72. The lowest BCUT2D eigenvalue weighted by Crippen LogP contribution is -2.26. The summed E-state index contributed by atoms with van der Waals surface area (Å²) in [6.45, 7) is 17.9. The number of aromatic hydroxyl groups is 1. The van der Waals surface area contributed by atoms with E-state index in [0.717, 1.165) is 31.2 Å². The Balaban J connectivity index is 3.67. The van der Waals surface area contributed by atoms with Crippen molar-refractivity contribution in [2.24, 2.45) is 0 Å². The van der Waals surface area contributed by atoms with Crippen LogP contribution in [-0.2, 0) is 10.8 Å². The lowest BCUT2D eigenvalue weighted by molar-refractivity contribution is 0.371. The second kappa shape index (κ2) is 7.06. The predicted molar refractivity (Wildman–Crippen MR) is 98.1 cm³/mol. The van der Waals surface area contributed by atoms with Gasteiger partial charge in [-0.2, -0.15) is 0 Å². The smallest absolute Gasteiger partial charge is 0.119 e. The van der Waals surface area contributed by atoms with Gasteiger partial charge in [0, 0.05) is 0 Å². The Bertz CT molecular complexity index is 481. The number of rotatable bonds is 6. The van der Waals surface area contributed by atoms with Crippen LogP contribution < -0.4 is 0 Å². The molecule has 0 fully saturated rings. The molecule has 0 saturated carbocycles. The number of hydrogen-bond acceptors (Lipinski definition) is 1. The van der Waals surface area contributed by atoms with Crippen LogP contribution in [0.25, 0.3) is 0 Å². The van der Waals surface area contributed by atoms with Crippen LogP contribution in [0.2, 0.25) is 0 Å². The maximum atomic E-state index is 10.7. The van der Waals surface area contributed by atoms with Gasteiger partial charge in [-0.05, 0) is 65.2 Å².